The maximum Gasteiger partial charge on any atom is 0.305 e. The lowest BCUT2D eigenvalue weighted by molar-refractivity contribution is -0.138. The predicted molar refractivity (Wildman–Crippen MR) is 78.5 cm³/mol. The van der Waals surface area contributed by atoms with Crippen molar-refractivity contribution in [2.75, 3.05) is 6.54 Å². The first-order chi connectivity index (χ1) is 9.61. The fraction of sp³-hybridized carbons (Fsp3) is 0.800. The molecule has 0 spiro atoms. The summed E-state index contributed by atoms with van der Waals surface area (Å²) in [5, 5.41) is 14.4. The maximum atomic E-state index is 11.9. The zero-order valence-corrected chi connectivity index (χ0v) is 13.2. The molecule has 1 aliphatic rings. The molecule has 1 rings (SSSR count). The van der Waals surface area contributed by atoms with Crippen LogP contribution in [0.25, 0.3) is 0 Å². The molecule has 0 radical (unpaired) electrons. The Bertz CT molecular complexity index is 414. The van der Waals surface area contributed by atoms with Crippen LogP contribution in [0.3, 0.4) is 0 Å². The summed E-state index contributed by atoms with van der Waals surface area (Å²) in [6.45, 7) is 7.97. The van der Waals surface area contributed by atoms with Gasteiger partial charge in [-0.05, 0) is 17.8 Å². The average Bonchev–Trinajstić information content (AvgIpc) is 3.03. The van der Waals surface area contributed by atoms with Crippen molar-refractivity contribution in [3.63, 3.8) is 0 Å². The lowest BCUT2D eigenvalue weighted by atomic mass is 9.84. The van der Waals surface area contributed by atoms with Gasteiger partial charge in [0.2, 0.25) is 11.8 Å². The van der Waals surface area contributed by atoms with Crippen LogP contribution in [0.1, 0.15) is 47.0 Å². The van der Waals surface area contributed by atoms with E-state index in [-0.39, 0.29) is 42.5 Å². The summed E-state index contributed by atoms with van der Waals surface area (Å²) in [7, 11) is 0. The molecule has 21 heavy (non-hydrogen) atoms. The number of amides is 2. The second-order valence-corrected chi connectivity index (χ2v) is 6.94. The Labute approximate surface area is 125 Å². The number of aliphatic carboxylic acids is 1. The Balaban J connectivity index is 2.33. The highest BCUT2D eigenvalue weighted by Crippen LogP contribution is 2.37. The fourth-order valence-electron chi connectivity index (χ4n) is 2.13. The number of carboxylic acids is 1. The zero-order chi connectivity index (χ0) is 16.2. The molecule has 120 valence electrons. The van der Waals surface area contributed by atoms with E-state index in [4.69, 9.17) is 5.11 Å². The molecule has 3 unspecified atom stereocenters. The minimum Gasteiger partial charge on any atom is -0.481 e. The van der Waals surface area contributed by atoms with Gasteiger partial charge in [0, 0.05) is 24.9 Å². The first kappa shape index (κ1) is 17.5. The van der Waals surface area contributed by atoms with Crippen molar-refractivity contribution in [2.45, 2.75) is 53.0 Å². The second kappa shape index (κ2) is 6.91. The smallest absolute Gasteiger partial charge is 0.305 e. The van der Waals surface area contributed by atoms with Gasteiger partial charge >= 0.3 is 5.97 Å². The molecule has 1 saturated carbocycles. The first-order valence-electron chi connectivity index (χ1n) is 7.40. The lowest BCUT2D eigenvalue weighted by Crippen LogP contribution is -2.45. The quantitative estimate of drug-likeness (QED) is 0.657. The van der Waals surface area contributed by atoms with E-state index in [0.29, 0.717) is 5.92 Å². The van der Waals surface area contributed by atoms with E-state index in [2.05, 4.69) is 10.6 Å². The standard InChI is InChI=1S/C15H26N2O4/c1-9-7-10(9)14(21)16-6-5-12(18)17-11(8-13(19)20)15(2,3)4/h9-11H,5-8H2,1-4H3,(H,16,21)(H,17,18)(H,19,20). The zero-order valence-electron chi connectivity index (χ0n) is 13.2. The van der Waals surface area contributed by atoms with Crippen molar-refractivity contribution in [1.29, 1.82) is 0 Å². The molecular weight excluding hydrogens is 272 g/mol. The van der Waals surface area contributed by atoms with Crippen LogP contribution in [-0.2, 0) is 14.4 Å². The molecule has 1 aliphatic carbocycles. The Hall–Kier alpha value is -1.59. The van der Waals surface area contributed by atoms with E-state index in [1.807, 2.05) is 27.7 Å². The third kappa shape index (κ3) is 6.14. The highest BCUT2D eigenvalue weighted by Gasteiger charge is 2.38. The van der Waals surface area contributed by atoms with Gasteiger partial charge in [-0.1, -0.05) is 27.7 Å². The Morgan fingerprint density at radius 2 is 1.86 bits per heavy atom. The summed E-state index contributed by atoms with van der Waals surface area (Å²) in [6, 6.07) is -0.429. The van der Waals surface area contributed by atoms with Gasteiger partial charge in [-0.25, -0.2) is 0 Å². The molecule has 0 saturated heterocycles. The Morgan fingerprint density at radius 1 is 1.29 bits per heavy atom. The van der Waals surface area contributed by atoms with Crippen LogP contribution in [0.4, 0.5) is 0 Å². The van der Waals surface area contributed by atoms with Gasteiger partial charge < -0.3 is 15.7 Å². The van der Waals surface area contributed by atoms with Crippen LogP contribution in [0.15, 0.2) is 0 Å². The topological polar surface area (TPSA) is 95.5 Å². The summed E-state index contributed by atoms with van der Waals surface area (Å²) < 4.78 is 0. The molecule has 0 aromatic rings. The van der Waals surface area contributed by atoms with E-state index < -0.39 is 12.0 Å². The number of nitrogens with one attached hydrogen (secondary N) is 2. The van der Waals surface area contributed by atoms with Crippen molar-refractivity contribution >= 4 is 17.8 Å². The number of rotatable bonds is 7. The minimum atomic E-state index is -0.939. The molecular formula is C15H26N2O4. The molecule has 0 aromatic carbocycles. The van der Waals surface area contributed by atoms with Crippen molar-refractivity contribution < 1.29 is 19.5 Å². The molecule has 0 aromatic heterocycles. The van der Waals surface area contributed by atoms with Gasteiger partial charge in [0.05, 0.1) is 6.42 Å². The van der Waals surface area contributed by atoms with E-state index in [0.717, 1.165) is 6.42 Å². The molecule has 3 atom stereocenters. The molecule has 2 amide bonds. The fourth-order valence-corrected chi connectivity index (χ4v) is 2.13. The van der Waals surface area contributed by atoms with Crippen LogP contribution in [0, 0.1) is 17.3 Å². The van der Waals surface area contributed by atoms with Gasteiger partial charge in [0.15, 0.2) is 0 Å². The lowest BCUT2D eigenvalue weighted by Gasteiger charge is -2.30. The predicted octanol–water partition coefficient (Wildman–Crippen LogP) is 1.15. The highest BCUT2D eigenvalue weighted by molar-refractivity contribution is 5.82. The van der Waals surface area contributed by atoms with E-state index in [9.17, 15) is 14.4 Å². The van der Waals surface area contributed by atoms with Crippen LogP contribution >= 0.6 is 0 Å². The van der Waals surface area contributed by atoms with Crippen LogP contribution in [0.2, 0.25) is 0 Å². The molecule has 1 fully saturated rings. The van der Waals surface area contributed by atoms with Gasteiger partial charge in [-0.3, -0.25) is 14.4 Å². The van der Waals surface area contributed by atoms with Crippen LogP contribution < -0.4 is 10.6 Å². The molecule has 3 N–H and O–H groups in total. The highest BCUT2D eigenvalue weighted by atomic mass is 16.4. The van der Waals surface area contributed by atoms with Crippen molar-refractivity contribution in [3.8, 4) is 0 Å². The minimum absolute atomic E-state index is 0.00760. The number of carboxylic acid groups (broad SMARTS) is 1. The molecule has 0 bridgehead atoms. The Morgan fingerprint density at radius 3 is 2.29 bits per heavy atom. The number of carbonyl (C=O) groups excluding carboxylic acids is 2. The SMILES string of the molecule is CC1CC1C(=O)NCCC(=O)NC(CC(=O)O)C(C)(C)C. The van der Waals surface area contributed by atoms with Crippen molar-refractivity contribution in [1.82, 2.24) is 10.6 Å². The molecule has 0 aliphatic heterocycles. The normalized spacial score (nSPS) is 22.3. The third-order valence-electron chi connectivity index (χ3n) is 3.86. The molecule has 0 heterocycles. The van der Waals surface area contributed by atoms with Crippen molar-refractivity contribution in [3.05, 3.63) is 0 Å². The molecule has 6 nitrogen and oxygen atoms in total. The monoisotopic (exact) mass is 298 g/mol. The van der Waals surface area contributed by atoms with E-state index >= 15 is 0 Å². The van der Waals surface area contributed by atoms with Gasteiger partial charge in [0.25, 0.3) is 0 Å². The van der Waals surface area contributed by atoms with Crippen LogP contribution in [0.5, 0.6) is 0 Å². The van der Waals surface area contributed by atoms with Crippen molar-refractivity contribution in [2.24, 2.45) is 17.3 Å². The number of hydrogen-bond donors (Lipinski definition) is 3. The number of hydrogen-bond acceptors (Lipinski definition) is 3. The van der Waals surface area contributed by atoms with Gasteiger partial charge in [-0.2, -0.15) is 0 Å². The maximum absolute atomic E-state index is 11.9. The Kier molecular flexibility index (Phi) is 5.75. The second-order valence-electron chi connectivity index (χ2n) is 6.94. The van der Waals surface area contributed by atoms with Gasteiger partial charge in [-0.15, -0.1) is 0 Å². The third-order valence-corrected chi connectivity index (χ3v) is 3.86. The first-order valence-corrected chi connectivity index (χ1v) is 7.40. The molecule has 6 heteroatoms. The number of carbonyl (C=O) groups is 3. The summed E-state index contributed by atoms with van der Waals surface area (Å²) in [6.07, 6.45) is 0.975. The average molecular weight is 298 g/mol. The summed E-state index contributed by atoms with van der Waals surface area (Å²) in [5.41, 5.74) is -0.333. The summed E-state index contributed by atoms with van der Waals surface area (Å²) >= 11 is 0. The largest absolute Gasteiger partial charge is 0.481 e. The van der Waals surface area contributed by atoms with Crippen LogP contribution in [-0.4, -0.2) is 35.5 Å². The van der Waals surface area contributed by atoms with E-state index in [1.54, 1.807) is 0 Å². The summed E-state index contributed by atoms with van der Waals surface area (Å²) in [4.78, 5) is 34.3. The summed E-state index contributed by atoms with van der Waals surface area (Å²) in [5.74, 6) is -0.623. The van der Waals surface area contributed by atoms with Gasteiger partial charge in [0.1, 0.15) is 0 Å². The van der Waals surface area contributed by atoms with E-state index in [1.165, 1.54) is 0 Å².